The minimum Gasteiger partial charge on any atom is -0.482 e. The molecule has 0 aromatic heterocycles. The first kappa shape index (κ1) is 22.4. The standard InChI is InChI=1S/C29H39FO/c1-3-5-6-22-13-15-25(16-14-22)28-18-17-26-19-24(20-27(30)29(26)31-28)12-11-23-9-7-21(4-2)8-10-23/h13-16,19-21,23,28H,3-12,17-18H2,1-2H3. The fourth-order valence-corrected chi connectivity index (χ4v) is 5.48. The van der Waals surface area contributed by atoms with Gasteiger partial charge in [0.1, 0.15) is 6.10 Å². The lowest BCUT2D eigenvalue weighted by Gasteiger charge is -2.29. The maximum Gasteiger partial charge on any atom is 0.165 e. The first-order valence-electron chi connectivity index (χ1n) is 12.7. The molecule has 1 aliphatic heterocycles. The molecule has 1 heterocycles. The molecule has 1 unspecified atom stereocenters. The molecule has 31 heavy (non-hydrogen) atoms. The predicted molar refractivity (Wildman–Crippen MR) is 127 cm³/mol. The summed E-state index contributed by atoms with van der Waals surface area (Å²) in [6.07, 6.45) is 14.3. The van der Waals surface area contributed by atoms with Crippen LogP contribution in [0, 0.1) is 17.7 Å². The van der Waals surface area contributed by atoms with E-state index in [9.17, 15) is 4.39 Å². The lowest BCUT2D eigenvalue weighted by Crippen LogP contribution is -2.17. The van der Waals surface area contributed by atoms with Gasteiger partial charge in [-0.1, -0.05) is 82.7 Å². The van der Waals surface area contributed by atoms with Crippen LogP contribution in [0.15, 0.2) is 36.4 Å². The lowest BCUT2D eigenvalue weighted by molar-refractivity contribution is 0.167. The van der Waals surface area contributed by atoms with Crippen molar-refractivity contribution in [2.75, 3.05) is 0 Å². The highest BCUT2D eigenvalue weighted by Gasteiger charge is 2.25. The highest BCUT2D eigenvalue weighted by molar-refractivity contribution is 5.41. The third kappa shape index (κ3) is 5.70. The van der Waals surface area contributed by atoms with Crippen LogP contribution in [-0.4, -0.2) is 0 Å². The van der Waals surface area contributed by atoms with Crippen LogP contribution in [0.5, 0.6) is 5.75 Å². The number of benzene rings is 2. The Morgan fingerprint density at radius 2 is 1.61 bits per heavy atom. The molecule has 0 radical (unpaired) electrons. The molecule has 0 amide bonds. The minimum atomic E-state index is -0.175. The van der Waals surface area contributed by atoms with E-state index < -0.39 is 0 Å². The molecule has 2 heteroatoms. The zero-order chi connectivity index (χ0) is 21.6. The van der Waals surface area contributed by atoms with E-state index in [1.54, 1.807) is 6.07 Å². The highest BCUT2D eigenvalue weighted by Crippen LogP contribution is 2.38. The van der Waals surface area contributed by atoms with Gasteiger partial charge in [-0.3, -0.25) is 0 Å². The van der Waals surface area contributed by atoms with Gasteiger partial charge < -0.3 is 4.74 Å². The third-order valence-electron chi connectivity index (χ3n) is 7.67. The Kier molecular flexibility index (Phi) is 7.69. The molecule has 1 saturated carbocycles. The van der Waals surface area contributed by atoms with Crippen LogP contribution in [-0.2, 0) is 19.3 Å². The fourth-order valence-electron chi connectivity index (χ4n) is 5.48. The maximum absolute atomic E-state index is 15.0. The van der Waals surface area contributed by atoms with Crippen molar-refractivity contribution in [3.63, 3.8) is 0 Å². The zero-order valence-corrected chi connectivity index (χ0v) is 19.5. The van der Waals surface area contributed by atoms with E-state index in [1.807, 2.05) is 0 Å². The second-order valence-corrected chi connectivity index (χ2v) is 9.89. The summed E-state index contributed by atoms with van der Waals surface area (Å²) in [6.45, 7) is 4.54. The topological polar surface area (TPSA) is 9.23 Å². The quantitative estimate of drug-likeness (QED) is 0.415. The van der Waals surface area contributed by atoms with Crippen molar-refractivity contribution < 1.29 is 9.13 Å². The van der Waals surface area contributed by atoms with E-state index in [0.29, 0.717) is 5.75 Å². The summed E-state index contributed by atoms with van der Waals surface area (Å²) in [5, 5.41) is 0. The number of fused-ring (bicyclic) bond motifs is 1. The Morgan fingerprint density at radius 3 is 2.32 bits per heavy atom. The zero-order valence-electron chi connectivity index (χ0n) is 19.5. The van der Waals surface area contributed by atoms with E-state index >= 15 is 0 Å². The van der Waals surface area contributed by atoms with Crippen LogP contribution in [0.4, 0.5) is 4.39 Å². The molecule has 2 aromatic rings. The van der Waals surface area contributed by atoms with Gasteiger partial charge in [0.2, 0.25) is 0 Å². The number of rotatable bonds is 8. The van der Waals surface area contributed by atoms with Gasteiger partial charge in [0.15, 0.2) is 11.6 Å². The Hall–Kier alpha value is -1.83. The van der Waals surface area contributed by atoms with Gasteiger partial charge in [0.25, 0.3) is 0 Å². The molecule has 168 valence electrons. The fraction of sp³-hybridized carbons (Fsp3) is 0.586. The molecule has 1 aliphatic carbocycles. The number of unbranched alkanes of at least 4 members (excludes halogenated alkanes) is 1. The van der Waals surface area contributed by atoms with Crippen LogP contribution in [0.2, 0.25) is 0 Å². The number of hydrogen-bond acceptors (Lipinski definition) is 1. The Labute approximate surface area is 188 Å². The molecule has 0 spiro atoms. The monoisotopic (exact) mass is 422 g/mol. The third-order valence-corrected chi connectivity index (χ3v) is 7.67. The van der Waals surface area contributed by atoms with Crippen molar-refractivity contribution in [1.29, 1.82) is 0 Å². The Balaban J connectivity index is 1.36. The van der Waals surface area contributed by atoms with Gasteiger partial charge in [-0.05, 0) is 78.7 Å². The predicted octanol–water partition coefficient (Wildman–Crippen LogP) is 8.38. The van der Waals surface area contributed by atoms with Crippen molar-refractivity contribution in [2.24, 2.45) is 11.8 Å². The summed E-state index contributed by atoms with van der Waals surface area (Å²) in [7, 11) is 0. The van der Waals surface area contributed by atoms with Gasteiger partial charge in [0, 0.05) is 0 Å². The first-order valence-corrected chi connectivity index (χ1v) is 12.7. The van der Waals surface area contributed by atoms with E-state index in [2.05, 4.69) is 44.2 Å². The molecule has 0 N–H and O–H groups in total. The second kappa shape index (κ2) is 10.7. The van der Waals surface area contributed by atoms with Gasteiger partial charge in [-0.2, -0.15) is 0 Å². The molecule has 2 aromatic carbocycles. The summed E-state index contributed by atoms with van der Waals surface area (Å²) in [4.78, 5) is 0. The van der Waals surface area contributed by atoms with E-state index in [0.717, 1.165) is 54.2 Å². The number of ether oxygens (including phenoxy) is 1. The largest absolute Gasteiger partial charge is 0.482 e. The van der Waals surface area contributed by atoms with E-state index in [4.69, 9.17) is 4.74 Å². The summed E-state index contributed by atoms with van der Waals surface area (Å²) in [6, 6.07) is 12.7. The van der Waals surface area contributed by atoms with Crippen molar-refractivity contribution in [3.8, 4) is 5.75 Å². The Morgan fingerprint density at radius 1 is 0.871 bits per heavy atom. The number of aryl methyl sites for hydroxylation is 3. The summed E-state index contributed by atoms with van der Waals surface area (Å²) < 4.78 is 21.1. The molecule has 0 saturated heterocycles. The molecule has 2 aliphatic rings. The lowest BCUT2D eigenvalue weighted by atomic mass is 9.78. The first-order chi connectivity index (χ1) is 15.2. The van der Waals surface area contributed by atoms with Gasteiger partial charge in [-0.25, -0.2) is 4.39 Å². The van der Waals surface area contributed by atoms with Gasteiger partial charge in [-0.15, -0.1) is 0 Å². The average molecular weight is 423 g/mol. The highest BCUT2D eigenvalue weighted by atomic mass is 19.1. The minimum absolute atomic E-state index is 0.0400. The van der Waals surface area contributed by atoms with Crippen LogP contribution in [0.3, 0.4) is 0 Å². The van der Waals surface area contributed by atoms with Gasteiger partial charge in [0.05, 0.1) is 0 Å². The smallest absolute Gasteiger partial charge is 0.165 e. The van der Waals surface area contributed by atoms with E-state index in [1.165, 1.54) is 56.9 Å². The van der Waals surface area contributed by atoms with Crippen LogP contribution >= 0.6 is 0 Å². The molecular weight excluding hydrogens is 383 g/mol. The molecule has 1 fully saturated rings. The summed E-state index contributed by atoms with van der Waals surface area (Å²) >= 11 is 0. The summed E-state index contributed by atoms with van der Waals surface area (Å²) in [5.74, 6) is 2.07. The second-order valence-electron chi connectivity index (χ2n) is 9.89. The van der Waals surface area contributed by atoms with E-state index in [-0.39, 0.29) is 11.9 Å². The molecule has 4 rings (SSSR count). The normalized spacial score (nSPS) is 23.3. The molecule has 1 nitrogen and oxygen atoms in total. The summed E-state index contributed by atoms with van der Waals surface area (Å²) in [5.41, 5.74) is 4.74. The van der Waals surface area contributed by atoms with Crippen LogP contribution in [0.25, 0.3) is 0 Å². The molecule has 0 bridgehead atoms. The van der Waals surface area contributed by atoms with Crippen molar-refractivity contribution in [1.82, 2.24) is 0 Å². The van der Waals surface area contributed by atoms with Crippen LogP contribution in [0.1, 0.15) is 100.0 Å². The van der Waals surface area contributed by atoms with Crippen molar-refractivity contribution >= 4 is 0 Å². The van der Waals surface area contributed by atoms with Crippen LogP contribution < -0.4 is 4.74 Å². The average Bonchev–Trinajstić information content (AvgIpc) is 2.82. The van der Waals surface area contributed by atoms with Crippen molar-refractivity contribution in [2.45, 2.75) is 97.0 Å². The number of hydrogen-bond donors (Lipinski definition) is 0. The molecular formula is C29H39FO. The Bertz CT molecular complexity index is 833. The molecule has 1 atom stereocenters. The SMILES string of the molecule is CCCCc1ccc(C2CCc3cc(CCC4CCC(CC)CC4)cc(F)c3O2)cc1. The maximum atomic E-state index is 15.0. The van der Waals surface area contributed by atoms with Crippen molar-refractivity contribution in [3.05, 3.63) is 64.5 Å². The van der Waals surface area contributed by atoms with Gasteiger partial charge >= 0.3 is 0 Å². The number of halogens is 1.